The van der Waals surface area contributed by atoms with Crippen molar-refractivity contribution >= 4 is 37.6 Å². The van der Waals surface area contributed by atoms with Crippen LogP contribution in [0.4, 0.5) is 0 Å². The summed E-state index contributed by atoms with van der Waals surface area (Å²) in [5.41, 5.74) is 1.05. The Labute approximate surface area is 94.8 Å². The number of carbonyl (C=O) groups excluding carboxylic acids is 1. The molecule has 1 atom stereocenters. The zero-order chi connectivity index (χ0) is 9.84. The lowest BCUT2D eigenvalue weighted by molar-refractivity contribution is -0.117. The first-order chi connectivity index (χ1) is 6.09. The summed E-state index contributed by atoms with van der Waals surface area (Å²) in [7, 11) is 0. The van der Waals surface area contributed by atoms with Gasteiger partial charge in [-0.05, 0) is 24.6 Å². The summed E-state index contributed by atoms with van der Waals surface area (Å²) in [5, 5.41) is 0. The van der Waals surface area contributed by atoms with Crippen LogP contribution in [0.5, 0.6) is 0 Å². The van der Waals surface area contributed by atoms with Crippen molar-refractivity contribution < 1.29 is 4.79 Å². The van der Waals surface area contributed by atoms with E-state index in [4.69, 9.17) is 0 Å². The van der Waals surface area contributed by atoms with Gasteiger partial charge in [0.05, 0.1) is 4.83 Å². The third-order valence-electron chi connectivity index (χ3n) is 1.71. The summed E-state index contributed by atoms with van der Waals surface area (Å²) >= 11 is 6.62. The number of halogens is 2. The molecule has 0 aliphatic heterocycles. The molecule has 1 nitrogen and oxygen atoms in total. The number of carbonyl (C=O) groups is 1. The van der Waals surface area contributed by atoms with E-state index in [-0.39, 0.29) is 10.6 Å². The van der Waals surface area contributed by atoms with Gasteiger partial charge >= 0.3 is 0 Å². The van der Waals surface area contributed by atoms with Gasteiger partial charge in [0.2, 0.25) is 0 Å². The van der Waals surface area contributed by atoms with Crippen molar-refractivity contribution in [2.75, 3.05) is 0 Å². The largest absolute Gasteiger partial charge is 0.298 e. The van der Waals surface area contributed by atoms with E-state index in [2.05, 4.69) is 31.9 Å². The average molecular weight is 306 g/mol. The molecule has 0 spiro atoms. The maximum absolute atomic E-state index is 11.4. The van der Waals surface area contributed by atoms with Crippen molar-refractivity contribution in [3.8, 4) is 0 Å². The molecule has 0 unspecified atom stereocenters. The van der Waals surface area contributed by atoms with Gasteiger partial charge in [0.1, 0.15) is 0 Å². The predicted molar refractivity (Wildman–Crippen MR) is 61.2 cm³/mol. The second kappa shape index (κ2) is 4.91. The first-order valence-corrected chi connectivity index (χ1v) is 5.71. The highest BCUT2D eigenvalue weighted by Gasteiger charge is 2.09. The van der Waals surface area contributed by atoms with Crippen LogP contribution in [0.25, 0.3) is 0 Å². The fraction of sp³-hybridized carbons (Fsp3) is 0.300. The van der Waals surface area contributed by atoms with Crippen LogP contribution < -0.4 is 0 Å². The Kier molecular flexibility index (Phi) is 4.13. The minimum absolute atomic E-state index is 0.0634. The summed E-state index contributed by atoms with van der Waals surface area (Å²) in [6, 6.07) is 7.81. The molecule has 0 aliphatic carbocycles. The molecule has 0 fully saturated rings. The summed E-state index contributed by atoms with van der Waals surface area (Å²) in [6.45, 7) is 1.85. The number of alkyl halides is 1. The third kappa shape index (κ3) is 3.61. The summed E-state index contributed by atoms with van der Waals surface area (Å²) in [6.07, 6.45) is 0.492. The second-order valence-electron chi connectivity index (χ2n) is 2.89. The highest BCUT2D eigenvalue weighted by Crippen LogP contribution is 2.13. The molecule has 1 aromatic rings. The zero-order valence-electron chi connectivity index (χ0n) is 7.26. The van der Waals surface area contributed by atoms with E-state index in [0.29, 0.717) is 6.42 Å². The lowest BCUT2D eigenvalue weighted by Gasteiger charge is -2.02. The molecule has 0 aliphatic rings. The zero-order valence-corrected chi connectivity index (χ0v) is 10.4. The quantitative estimate of drug-likeness (QED) is 0.783. The molecular formula is C10H10Br2O. The van der Waals surface area contributed by atoms with Crippen molar-refractivity contribution in [2.24, 2.45) is 0 Å². The maximum atomic E-state index is 11.4. The Hall–Kier alpha value is -0.150. The molecule has 0 amide bonds. The number of rotatable bonds is 3. The van der Waals surface area contributed by atoms with Gasteiger partial charge in [0, 0.05) is 10.9 Å². The van der Waals surface area contributed by atoms with Gasteiger partial charge in [-0.1, -0.05) is 44.0 Å². The van der Waals surface area contributed by atoms with Gasteiger partial charge in [0.15, 0.2) is 5.78 Å². The molecule has 0 radical (unpaired) electrons. The van der Waals surface area contributed by atoms with Crippen LogP contribution in [0.15, 0.2) is 28.7 Å². The highest BCUT2D eigenvalue weighted by atomic mass is 79.9. The van der Waals surface area contributed by atoms with Gasteiger partial charge in [-0.2, -0.15) is 0 Å². The van der Waals surface area contributed by atoms with E-state index in [1.54, 1.807) is 0 Å². The van der Waals surface area contributed by atoms with Crippen molar-refractivity contribution in [1.82, 2.24) is 0 Å². The first kappa shape index (κ1) is 10.9. The van der Waals surface area contributed by atoms with Crippen LogP contribution in [0.1, 0.15) is 12.5 Å². The van der Waals surface area contributed by atoms with Gasteiger partial charge in [-0.15, -0.1) is 0 Å². The van der Waals surface area contributed by atoms with Crippen LogP contribution in [-0.4, -0.2) is 10.6 Å². The van der Waals surface area contributed by atoms with Crippen LogP contribution in [0.3, 0.4) is 0 Å². The number of hydrogen-bond donors (Lipinski definition) is 0. The SMILES string of the molecule is C[C@@H](Br)C(=O)Cc1cccc(Br)c1. The summed E-state index contributed by atoms with van der Waals surface area (Å²) < 4.78 is 1.01. The molecule has 0 aromatic heterocycles. The maximum Gasteiger partial charge on any atom is 0.150 e. The lowest BCUT2D eigenvalue weighted by Crippen LogP contribution is -2.12. The van der Waals surface area contributed by atoms with Crippen LogP contribution in [0.2, 0.25) is 0 Å². The van der Waals surface area contributed by atoms with E-state index >= 15 is 0 Å². The van der Waals surface area contributed by atoms with Gasteiger partial charge in [-0.25, -0.2) is 0 Å². The molecule has 0 N–H and O–H groups in total. The molecule has 0 saturated carbocycles. The fourth-order valence-corrected chi connectivity index (χ4v) is 1.60. The molecule has 1 aromatic carbocycles. The Morgan fingerprint density at radius 2 is 2.23 bits per heavy atom. The van der Waals surface area contributed by atoms with Crippen molar-refractivity contribution in [1.29, 1.82) is 0 Å². The molecule has 3 heteroatoms. The van der Waals surface area contributed by atoms with Crippen LogP contribution in [-0.2, 0) is 11.2 Å². The number of ketones is 1. The Morgan fingerprint density at radius 3 is 2.77 bits per heavy atom. The summed E-state index contributed by atoms with van der Waals surface area (Å²) in [4.78, 5) is 11.3. The van der Waals surface area contributed by atoms with Gasteiger partial charge in [0.25, 0.3) is 0 Å². The Balaban J connectivity index is 2.69. The van der Waals surface area contributed by atoms with E-state index in [0.717, 1.165) is 10.0 Å². The minimum Gasteiger partial charge on any atom is -0.298 e. The molecule has 0 saturated heterocycles. The van der Waals surface area contributed by atoms with E-state index in [1.165, 1.54) is 0 Å². The first-order valence-electron chi connectivity index (χ1n) is 4.01. The topological polar surface area (TPSA) is 17.1 Å². The van der Waals surface area contributed by atoms with E-state index in [1.807, 2.05) is 31.2 Å². The van der Waals surface area contributed by atoms with Crippen molar-refractivity contribution in [3.05, 3.63) is 34.3 Å². The third-order valence-corrected chi connectivity index (χ3v) is 2.71. The van der Waals surface area contributed by atoms with E-state index in [9.17, 15) is 4.79 Å². The molecule has 0 bridgehead atoms. The fourth-order valence-electron chi connectivity index (χ4n) is 0.989. The standard InChI is InChI=1S/C10H10Br2O/c1-7(11)10(13)6-8-3-2-4-9(12)5-8/h2-5,7H,6H2,1H3/t7-/m1/s1. The smallest absolute Gasteiger partial charge is 0.150 e. The van der Waals surface area contributed by atoms with E-state index < -0.39 is 0 Å². The van der Waals surface area contributed by atoms with Gasteiger partial charge < -0.3 is 0 Å². The predicted octanol–water partition coefficient (Wildman–Crippen LogP) is 3.34. The number of hydrogen-bond acceptors (Lipinski definition) is 1. The summed E-state index contributed by atoms with van der Waals surface area (Å²) in [5.74, 6) is 0.207. The molecular weight excluding hydrogens is 296 g/mol. The molecule has 0 heterocycles. The number of benzene rings is 1. The molecule has 1 rings (SSSR count). The second-order valence-corrected chi connectivity index (χ2v) is 5.18. The van der Waals surface area contributed by atoms with Crippen LogP contribution in [0, 0.1) is 0 Å². The normalized spacial score (nSPS) is 12.5. The average Bonchev–Trinajstić information content (AvgIpc) is 2.04. The Bertz CT molecular complexity index is 308. The Morgan fingerprint density at radius 1 is 1.54 bits per heavy atom. The van der Waals surface area contributed by atoms with Crippen LogP contribution >= 0.6 is 31.9 Å². The number of Topliss-reactive ketones (excluding diaryl/α,β-unsaturated/α-hetero) is 1. The van der Waals surface area contributed by atoms with Crippen molar-refractivity contribution in [3.63, 3.8) is 0 Å². The monoisotopic (exact) mass is 304 g/mol. The molecule has 70 valence electrons. The van der Waals surface area contributed by atoms with Gasteiger partial charge in [-0.3, -0.25) is 4.79 Å². The lowest BCUT2D eigenvalue weighted by atomic mass is 10.1. The van der Waals surface area contributed by atoms with Crippen molar-refractivity contribution in [2.45, 2.75) is 18.2 Å². The highest BCUT2D eigenvalue weighted by molar-refractivity contribution is 9.10. The minimum atomic E-state index is -0.0634. The molecule has 13 heavy (non-hydrogen) atoms.